The molecule has 3 nitrogen and oxygen atoms in total. The van der Waals surface area contributed by atoms with Crippen LogP contribution in [0.4, 0.5) is 11.4 Å². The molecule has 0 saturated carbocycles. The maximum Gasteiger partial charge on any atom is 0.0671 e. The summed E-state index contributed by atoms with van der Waals surface area (Å²) in [6, 6.07) is 8.07. The smallest absolute Gasteiger partial charge is 0.0671 e. The van der Waals surface area contributed by atoms with Crippen molar-refractivity contribution < 1.29 is 0 Å². The second kappa shape index (κ2) is 4.70. The van der Waals surface area contributed by atoms with E-state index in [1.165, 1.54) is 0 Å². The van der Waals surface area contributed by atoms with Crippen molar-refractivity contribution in [3.8, 4) is 6.07 Å². The molecule has 0 aromatic heterocycles. The van der Waals surface area contributed by atoms with Crippen molar-refractivity contribution >= 4 is 11.4 Å². The molecule has 0 aliphatic carbocycles. The highest BCUT2D eigenvalue weighted by Crippen LogP contribution is 2.26. The van der Waals surface area contributed by atoms with Gasteiger partial charge in [0.15, 0.2) is 0 Å². The summed E-state index contributed by atoms with van der Waals surface area (Å²) in [5, 5.41) is 8.76. The molecular weight excluding hydrogens is 186 g/mol. The van der Waals surface area contributed by atoms with Crippen LogP contribution in [0, 0.1) is 24.2 Å². The zero-order valence-electron chi connectivity index (χ0n) is 9.49. The van der Waals surface area contributed by atoms with E-state index in [9.17, 15) is 0 Å². The average Bonchev–Trinajstić information content (AvgIpc) is 2.17. The largest absolute Gasteiger partial charge is 0.397 e. The number of hydrogen-bond donors (Lipinski definition) is 1. The van der Waals surface area contributed by atoms with Gasteiger partial charge in [0.05, 0.1) is 23.4 Å². The normalized spacial score (nSPS) is 11.9. The highest BCUT2D eigenvalue weighted by Gasteiger charge is 2.10. The predicted octanol–water partition coefficient (Wildman–Crippen LogP) is 2.17. The third kappa shape index (κ3) is 2.63. The molecular formula is C12H17N3. The molecule has 1 unspecified atom stereocenters. The van der Waals surface area contributed by atoms with E-state index in [1.807, 2.05) is 44.0 Å². The van der Waals surface area contributed by atoms with Gasteiger partial charge in [-0.15, -0.1) is 0 Å². The maximum absolute atomic E-state index is 8.76. The molecule has 0 amide bonds. The predicted molar refractivity (Wildman–Crippen MR) is 63.6 cm³/mol. The van der Waals surface area contributed by atoms with Crippen LogP contribution in [0.1, 0.15) is 12.5 Å². The lowest BCUT2D eigenvalue weighted by Gasteiger charge is -2.24. The van der Waals surface area contributed by atoms with Crippen molar-refractivity contribution in [3.63, 3.8) is 0 Å². The molecule has 15 heavy (non-hydrogen) atoms. The Kier molecular flexibility index (Phi) is 3.56. The van der Waals surface area contributed by atoms with Crippen molar-refractivity contribution in [2.75, 3.05) is 24.2 Å². The summed E-state index contributed by atoms with van der Waals surface area (Å²) in [5.74, 6) is 0.00834. The lowest BCUT2D eigenvalue weighted by molar-refractivity contribution is 0.716. The van der Waals surface area contributed by atoms with Gasteiger partial charge in [0.2, 0.25) is 0 Å². The van der Waals surface area contributed by atoms with E-state index in [-0.39, 0.29) is 5.92 Å². The summed E-state index contributed by atoms with van der Waals surface area (Å²) in [6.45, 7) is 4.63. The van der Waals surface area contributed by atoms with Crippen molar-refractivity contribution in [1.29, 1.82) is 5.26 Å². The third-order valence-corrected chi connectivity index (χ3v) is 2.42. The van der Waals surface area contributed by atoms with Crippen molar-refractivity contribution in [2.45, 2.75) is 13.8 Å². The first-order valence-electron chi connectivity index (χ1n) is 5.02. The monoisotopic (exact) mass is 203 g/mol. The number of hydrogen-bond acceptors (Lipinski definition) is 3. The van der Waals surface area contributed by atoms with E-state index < -0.39 is 0 Å². The minimum Gasteiger partial charge on any atom is -0.397 e. The van der Waals surface area contributed by atoms with Crippen LogP contribution in [0.3, 0.4) is 0 Å². The number of para-hydroxylation sites is 1. The summed E-state index contributed by atoms with van der Waals surface area (Å²) in [5.41, 5.74) is 8.85. The highest BCUT2D eigenvalue weighted by molar-refractivity contribution is 5.71. The Labute approximate surface area is 91.1 Å². The van der Waals surface area contributed by atoms with Crippen LogP contribution in [0.25, 0.3) is 0 Å². The van der Waals surface area contributed by atoms with Gasteiger partial charge in [0.25, 0.3) is 0 Å². The van der Waals surface area contributed by atoms with E-state index >= 15 is 0 Å². The van der Waals surface area contributed by atoms with Gasteiger partial charge < -0.3 is 10.6 Å². The lowest BCUT2D eigenvalue weighted by Crippen LogP contribution is -2.24. The molecule has 80 valence electrons. The van der Waals surface area contributed by atoms with Gasteiger partial charge in [-0.3, -0.25) is 0 Å². The topological polar surface area (TPSA) is 53.0 Å². The molecule has 0 bridgehead atoms. The molecule has 1 rings (SSSR count). The molecule has 0 fully saturated rings. The van der Waals surface area contributed by atoms with Crippen LogP contribution in [-0.4, -0.2) is 13.6 Å². The molecule has 1 aromatic rings. The van der Waals surface area contributed by atoms with Crippen LogP contribution in [0.15, 0.2) is 18.2 Å². The molecule has 0 aliphatic heterocycles. The zero-order valence-corrected chi connectivity index (χ0v) is 9.49. The lowest BCUT2D eigenvalue weighted by atomic mass is 10.1. The number of nitrogen functional groups attached to an aromatic ring is 1. The minimum atomic E-state index is 0.00834. The number of nitrogens with zero attached hydrogens (tertiary/aromatic N) is 2. The first kappa shape index (κ1) is 11.4. The number of rotatable bonds is 3. The second-order valence-corrected chi connectivity index (χ2v) is 3.92. The summed E-state index contributed by atoms with van der Waals surface area (Å²) >= 11 is 0. The Morgan fingerprint density at radius 2 is 2.20 bits per heavy atom. The molecule has 0 aliphatic rings. The summed E-state index contributed by atoms with van der Waals surface area (Å²) in [6.07, 6.45) is 0. The van der Waals surface area contributed by atoms with E-state index in [0.29, 0.717) is 6.54 Å². The zero-order chi connectivity index (χ0) is 11.4. The molecule has 0 saturated heterocycles. The number of aryl methyl sites for hydroxylation is 1. The number of anilines is 2. The second-order valence-electron chi connectivity index (χ2n) is 3.92. The summed E-state index contributed by atoms with van der Waals surface area (Å²) in [7, 11) is 1.96. The summed E-state index contributed by atoms with van der Waals surface area (Å²) < 4.78 is 0. The maximum atomic E-state index is 8.76. The van der Waals surface area contributed by atoms with Gasteiger partial charge in [0.1, 0.15) is 0 Å². The number of nitriles is 1. The van der Waals surface area contributed by atoms with Crippen LogP contribution >= 0.6 is 0 Å². The Balaban J connectivity index is 2.91. The summed E-state index contributed by atoms with van der Waals surface area (Å²) in [4.78, 5) is 2.04. The van der Waals surface area contributed by atoms with Crippen LogP contribution in [-0.2, 0) is 0 Å². The standard InChI is InChI=1S/C12H17N3/c1-9(7-13)8-15(3)12-10(2)5-4-6-11(12)14/h4-6,9H,8,14H2,1-3H3. The number of benzene rings is 1. The first-order valence-corrected chi connectivity index (χ1v) is 5.02. The molecule has 0 heterocycles. The fraction of sp³-hybridized carbons (Fsp3) is 0.417. The molecule has 1 atom stereocenters. The Morgan fingerprint density at radius 3 is 2.73 bits per heavy atom. The Morgan fingerprint density at radius 1 is 1.53 bits per heavy atom. The first-order chi connectivity index (χ1) is 7.06. The Bertz CT molecular complexity index is 359. The molecule has 3 heteroatoms. The van der Waals surface area contributed by atoms with Crippen LogP contribution in [0.2, 0.25) is 0 Å². The van der Waals surface area contributed by atoms with E-state index in [2.05, 4.69) is 6.07 Å². The number of nitrogens with two attached hydrogens (primary N) is 1. The SMILES string of the molecule is Cc1cccc(N)c1N(C)CC(C)C#N. The van der Waals surface area contributed by atoms with E-state index in [4.69, 9.17) is 11.0 Å². The molecule has 1 aromatic carbocycles. The molecule has 0 radical (unpaired) electrons. The fourth-order valence-corrected chi connectivity index (χ4v) is 1.75. The van der Waals surface area contributed by atoms with Crippen molar-refractivity contribution in [2.24, 2.45) is 5.92 Å². The van der Waals surface area contributed by atoms with Crippen molar-refractivity contribution in [3.05, 3.63) is 23.8 Å². The average molecular weight is 203 g/mol. The van der Waals surface area contributed by atoms with Crippen LogP contribution < -0.4 is 10.6 Å². The van der Waals surface area contributed by atoms with Crippen LogP contribution in [0.5, 0.6) is 0 Å². The van der Waals surface area contributed by atoms with Gasteiger partial charge in [-0.1, -0.05) is 12.1 Å². The fourth-order valence-electron chi connectivity index (χ4n) is 1.75. The quantitative estimate of drug-likeness (QED) is 0.766. The van der Waals surface area contributed by atoms with E-state index in [0.717, 1.165) is 16.9 Å². The van der Waals surface area contributed by atoms with Gasteiger partial charge in [-0.25, -0.2) is 0 Å². The van der Waals surface area contributed by atoms with Gasteiger partial charge in [-0.05, 0) is 25.5 Å². The Hall–Kier alpha value is -1.69. The minimum absolute atomic E-state index is 0.00834. The highest BCUT2D eigenvalue weighted by atomic mass is 15.1. The molecule has 0 spiro atoms. The van der Waals surface area contributed by atoms with Gasteiger partial charge >= 0.3 is 0 Å². The van der Waals surface area contributed by atoms with Gasteiger partial charge in [-0.2, -0.15) is 5.26 Å². The van der Waals surface area contributed by atoms with Gasteiger partial charge in [0, 0.05) is 13.6 Å². The van der Waals surface area contributed by atoms with Crippen molar-refractivity contribution in [1.82, 2.24) is 0 Å². The molecule has 2 N–H and O–H groups in total. The third-order valence-electron chi connectivity index (χ3n) is 2.42. The van der Waals surface area contributed by atoms with E-state index in [1.54, 1.807) is 0 Å².